The Morgan fingerprint density at radius 3 is 2.25 bits per heavy atom. The van der Waals surface area contributed by atoms with Crippen LogP contribution < -0.4 is 5.32 Å². The zero-order valence-corrected chi connectivity index (χ0v) is 17.4. The number of rotatable bonds is 8. The van der Waals surface area contributed by atoms with E-state index in [1.165, 1.54) is 36.4 Å². The van der Waals surface area contributed by atoms with Crippen LogP contribution in [0.15, 0.2) is 48.5 Å². The van der Waals surface area contributed by atoms with E-state index in [9.17, 15) is 29.3 Å². The topological polar surface area (TPSA) is 136 Å². The first-order chi connectivity index (χ1) is 15.2. The first kappa shape index (κ1) is 22.6. The van der Waals surface area contributed by atoms with E-state index in [0.29, 0.717) is 0 Å². The number of esters is 1. The molecule has 166 valence electrons. The van der Waals surface area contributed by atoms with E-state index < -0.39 is 41.3 Å². The third-order valence-corrected chi connectivity index (χ3v) is 4.79. The minimum Gasteiger partial charge on any atom is -0.454 e. The van der Waals surface area contributed by atoms with E-state index in [0.717, 1.165) is 4.90 Å². The van der Waals surface area contributed by atoms with Gasteiger partial charge < -0.3 is 10.1 Å². The highest BCUT2D eigenvalue weighted by molar-refractivity contribution is 6.22. The number of ether oxygens (including phenoxy) is 1. The Bertz CT molecular complexity index is 1060. The van der Waals surface area contributed by atoms with Gasteiger partial charge in [-0.05, 0) is 30.5 Å². The second-order valence-electron chi connectivity index (χ2n) is 7.63. The van der Waals surface area contributed by atoms with E-state index in [1.54, 1.807) is 12.1 Å². The molecule has 3 rings (SSSR count). The van der Waals surface area contributed by atoms with Gasteiger partial charge in [-0.3, -0.25) is 29.4 Å². The van der Waals surface area contributed by atoms with Crippen LogP contribution in [0.2, 0.25) is 0 Å². The van der Waals surface area contributed by atoms with Gasteiger partial charge in [-0.2, -0.15) is 0 Å². The van der Waals surface area contributed by atoms with Gasteiger partial charge in [-0.15, -0.1) is 0 Å². The summed E-state index contributed by atoms with van der Waals surface area (Å²) in [7, 11) is 0. The highest BCUT2D eigenvalue weighted by Gasteiger charge is 2.43. The number of carbonyl (C=O) groups is 4. The third-order valence-electron chi connectivity index (χ3n) is 4.79. The van der Waals surface area contributed by atoms with E-state index >= 15 is 0 Å². The fraction of sp³-hybridized carbons (Fsp3) is 0.273. The van der Waals surface area contributed by atoms with Crippen molar-refractivity contribution in [2.75, 3.05) is 11.9 Å². The predicted octanol–water partition coefficient (Wildman–Crippen LogP) is 2.79. The number of imide groups is 1. The molecule has 0 radical (unpaired) electrons. The predicted molar refractivity (Wildman–Crippen MR) is 113 cm³/mol. The second kappa shape index (κ2) is 9.38. The van der Waals surface area contributed by atoms with Gasteiger partial charge in [0.1, 0.15) is 6.04 Å². The van der Waals surface area contributed by atoms with Gasteiger partial charge in [0, 0.05) is 17.8 Å². The van der Waals surface area contributed by atoms with Gasteiger partial charge in [0.25, 0.3) is 23.4 Å². The molecule has 1 atom stereocenters. The Morgan fingerprint density at radius 1 is 1.06 bits per heavy atom. The fourth-order valence-corrected chi connectivity index (χ4v) is 3.37. The van der Waals surface area contributed by atoms with Crippen molar-refractivity contribution in [1.29, 1.82) is 0 Å². The quantitative estimate of drug-likeness (QED) is 0.289. The summed E-state index contributed by atoms with van der Waals surface area (Å²) in [5.41, 5.74) is 0.381. The molecule has 0 spiro atoms. The largest absolute Gasteiger partial charge is 0.454 e. The van der Waals surface area contributed by atoms with Crippen LogP contribution in [0.4, 0.5) is 11.4 Å². The molecule has 10 heteroatoms. The molecule has 3 amide bonds. The summed E-state index contributed by atoms with van der Waals surface area (Å²) < 4.78 is 5.09. The van der Waals surface area contributed by atoms with Crippen molar-refractivity contribution >= 4 is 35.1 Å². The Balaban J connectivity index is 1.69. The summed E-state index contributed by atoms with van der Waals surface area (Å²) >= 11 is 0. The summed E-state index contributed by atoms with van der Waals surface area (Å²) in [4.78, 5) is 61.6. The molecule has 1 heterocycles. The summed E-state index contributed by atoms with van der Waals surface area (Å²) in [5.74, 6) is -2.83. The van der Waals surface area contributed by atoms with Crippen molar-refractivity contribution in [3.63, 3.8) is 0 Å². The van der Waals surface area contributed by atoms with Gasteiger partial charge >= 0.3 is 5.97 Å². The van der Waals surface area contributed by atoms with Crippen LogP contribution in [-0.4, -0.2) is 46.2 Å². The first-order valence-electron chi connectivity index (χ1n) is 9.87. The van der Waals surface area contributed by atoms with Gasteiger partial charge in [-0.25, -0.2) is 4.79 Å². The number of nitro benzene ring substituents is 1. The molecule has 2 aromatic carbocycles. The highest BCUT2D eigenvalue weighted by Crippen LogP contribution is 2.27. The van der Waals surface area contributed by atoms with Crippen LogP contribution in [0.25, 0.3) is 0 Å². The standard InChI is InChI=1S/C22H21N3O7/c1-13(2)10-18(24-20(27)16-8-3-4-9-17(16)21(24)28)22(29)32-12-19(26)23-14-6-5-7-15(11-14)25(30)31/h3-9,11,13,18H,10,12H2,1-2H3,(H,23,26)/t18-/m1/s1. The van der Waals surface area contributed by atoms with E-state index in [-0.39, 0.29) is 34.8 Å². The molecule has 1 aliphatic heterocycles. The van der Waals surface area contributed by atoms with Gasteiger partial charge in [-0.1, -0.05) is 32.0 Å². The number of benzene rings is 2. The number of hydrogen-bond acceptors (Lipinski definition) is 7. The molecule has 0 aliphatic carbocycles. The maximum Gasteiger partial charge on any atom is 0.329 e. The zero-order chi connectivity index (χ0) is 23.4. The average Bonchev–Trinajstić information content (AvgIpc) is 3.01. The molecule has 1 N–H and O–H groups in total. The summed E-state index contributed by atoms with van der Waals surface area (Å²) in [5, 5.41) is 13.2. The highest BCUT2D eigenvalue weighted by atomic mass is 16.6. The normalized spacial score (nSPS) is 13.7. The number of anilines is 1. The fourth-order valence-electron chi connectivity index (χ4n) is 3.37. The molecule has 0 unspecified atom stereocenters. The maximum absolute atomic E-state index is 12.8. The van der Waals surface area contributed by atoms with E-state index in [2.05, 4.69) is 5.32 Å². The Morgan fingerprint density at radius 2 is 1.69 bits per heavy atom. The first-order valence-corrected chi connectivity index (χ1v) is 9.87. The SMILES string of the molecule is CC(C)C[C@H](C(=O)OCC(=O)Nc1cccc([N+](=O)[O-])c1)N1C(=O)c2ccccc2C1=O. The number of nitrogens with one attached hydrogen (secondary N) is 1. The number of non-ortho nitro benzene ring substituents is 1. The monoisotopic (exact) mass is 439 g/mol. The Labute approximate surface area is 183 Å². The van der Waals surface area contributed by atoms with Crippen LogP contribution in [0.3, 0.4) is 0 Å². The molecule has 2 aromatic rings. The summed E-state index contributed by atoms with van der Waals surface area (Å²) in [6, 6.07) is 10.4. The number of nitrogens with zero attached hydrogens (tertiary/aromatic N) is 2. The number of amides is 3. The lowest BCUT2D eigenvalue weighted by Gasteiger charge is -2.25. The lowest BCUT2D eigenvalue weighted by atomic mass is 10.0. The molecule has 1 aliphatic rings. The van der Waals surface area contributed by atoms with Crippen LogP contribution in [0.5, 0.6) is 0 Å². The lowest BCUT2D eigenvalue weighted by Crippen LogP contribution is -2.46. The second-order valence-corrected chi connectivity index (χ2v) is 7.63. The lowest BCUT2D eigenvalue weighted by molar-refractivity contribution is -0.384. The molecule has 0 saturated heterocycles. The number of nitro groups is 1. The van der Waals surface area contributed by atoms with Crippen LogP contribution in [0.1, 0.15) is 41.0 Å². The molecular formula is C22H21N3O7. The molecule has 32 heavy (non-hydrogen) atoms. The Hall–Kier alpha value is -4.08. The van der Waals surface area contributed by atoms with Crippen molar-refractivity contribution < 1.29 is 28.8 Å². The molecule has 0 bridgehead atoms. The minimum absolute atomic E-state index is 0.0458. The van der Waals surface area contributed by atoms with E-state index in [1.807, 2.05) is 13.8 Å². The van der Waals surface area contributed by atoms with Crippen LogP contribution in [0, 0.1) is 16.0 Å². The van der Waals surface area contributed by atoms with Crippen molar-refractivity contribution in [2.24, 2.45) is 5.92 Å². The maximum atomic E-state index is 12.8. The minimum atomic E-state index is -1.19. The molecule has 10 nitrogen and oxygen atoms in total. The van der Waals surface area contributed by atoms with Gasteiger partial charge in [0.15, 0.2) is 6.61 Å². The molecule has 0 fully saturated rings. The zero-order valence-electron chi connectivity index (χ0n) is 17.4. The smallest absolute Gasteiger partial charge is 0.329 e. The molecule has 0 aromatic heterocycles. The molecular weight excluding hydrogens is 418 g/mol. The third kappa shape index (κ3) is 4.80. The van der Waals surface area contributed by atoms with Crippen molar-refractivity contribution in [2.45, 2.75) is 26.3 Å². The van der Waals surface area contributed by atoms with Crippen LogP contribution in [-0.2, 0) is 14.3 Å². The molecule has 0 saturated carbocycles. The van der Waals surface area contributed by atoms with Crippen molar-refractivity contribution in [1.82, 2.24) is 4.90 Å². The van der Waals surface area contributed by atoms with Gasteiger partial charge in [0.2, 0.25) is 0 Å². The number of fused-ring (bicyclic) bond motifs is 1. The van der Waals surface area contributed by atoms with Crippen molar-refractivity contribution in [3.05, 3.63) is 69.8 Å². The van der Waals surface area contributed by atoms with Gasteiger partial charge in [0.05, 0.1) is 16.1 Å². The Kier molecular flexibility index (Phi) is 6.62. The summed E-state index contributed by atoms with van der Waals surface area (Å²) in [6.45, 7) is 2.97. The summed E-state index contributed by atoms with van der Waals surface area (Å²) in [6.07, 6.45) is 0.163. The van der Waals surface area contributed by atoms with E-state index in [4.69, 9.17) is 4.74 Å². The van der Waals surface area contributed by atoms with Crippen LogP contribution >= 0.6 is 0 Å². The van der Waals surface area contributed by atoms with Crippen molar-refractivity contribution in [3.8, 4) is 0 Å². The number of hydrogen-bond donors (Lipinski definition) is 1. The average molecular weight is 439 g/mol. The number of carbonyl (C=O) groups excluding carboxylic acids is 4.